The zero-order valence-electron chi connectivity index (χ0n) is 14.8. The van der Waals surface area contributed by atoms with E-state index in [9.17, 15) is 19.2 Å². The number of anilines is 1. The van der Waals surface area contributed by atoms with E-state index in [1.807, 2.05) is 0 Å². The topological polar surface area (TPSA) is 113 Å². The van der Waals surface area contributed by atoms with Crippen LogP contribution in [0.5, 0.6) is 5.75 Å². The molecule has 1 saturated heterocycles. The van der Waals surface area contributed by atoms with Gasteiger partial charge >= 0.3 is 12.0 Å². The lowest BCUT2D eigenvalue weighted by atomic mass is 10.1. The number of amides is 4. The standard InChI is InChI=1S/C19H11Cl3N2O6/c20-11-3-1-2-4-14(11)24-18(28)10(17(27)23-19(24)29)5-9-6-12(21)16(13(22)7-9)30-8-15(25)26/h1-7H,8H2,(H,25,26)(H,23,27,29)/b10-5+. The fourth-order valence-corrected chi connectivity index (χ4v) is 3.44. The molecular formula is C19H11Cl3N2O6. The molecule has 154 valence electrons. The largest absolute Gasteiger partial charge is 0.479 e. The molecule has 0 radical (unpaired) electrons. The smallest absolute Gasteiger partial charge is 0.341 e. The molecular weight excluding hydrogens is 459 g/mol. The highest BCUT2D eigenvalue weighted by atomic mass is 35.5. The number of imide groups is 2. The number of nitrogens with zero attached hydrogens (tertiary/aromatic N) is 1. The number of hydrogen-bond donors (Lipinski definition) is 2. The van der Waals surface area contributed by atoms with Crippen LogP contribution in [0.4, 0.5) is 10.5 Å². The molecule has 1 heterocycles. The van der Waals surface area contributed by atoms with Gasteiger partial charge in [-0.1, -0.05) is 46.9 Å². The maximum absolute atomic E-state index is 12.9. The molecule has 4 amide bonds. The number of carboxylic acids is 1. The number of rotatable bonds is 5. The van der Waals surface area contributed by atoms with Gasteiger partial charge in [-0.25, -0.2) is 14.5 Å². The summed E-state index contributed by atoms with van der Waals surface area (Å²) in [6, 6.07) is 7.86. The van der Waals surface area contributed by atoms with E-state index >= 15 is 0 Å². The highest BCUT2D eigenvalue weighted by molar-refractivity contribution is 6.42. The molecule has 11 heteroatoms. The third-order valence-electron chi connectivity index (χ3n) is 3.87. The summed E-state index contributed by atoms with van der Waals surface area (Å²) < 4.78 is 5.02. The number of carbonyl (C=O) groups excluding carboxylic acids is 3. The van der Waals surface area contributed by atoms with Crippen molar-refractivity contribution in [3.8, 4) is 5.75 Å². The number of para-hydroxylation sites is 1. The Morgan fingerprint density at radius 3 is 2.30 bits per heavy atom. The number of aliphatic carboxylic acids is 1. The Balaban J connectivity index is 1.99. The van der Waals surface area contributed by atoms with E-state index in [1.165, 1.54) is 30.3 Å². The van der Waals surface area contributed by atoms with Crippen LogP contribution in [0.25, 0.3) is 6.08 Å². The zero-order chi connectivity index (χ0) is 22.0. The number of ether oxygens (including phenoxy) is 1. The molecule has 2 aromatic rings. The van der Waals surface area contributed by atoms with Gasteiger partial charge in [-0.2, -0.15) is 0 Å². The highest BCUT2D eigenvalue weighted by Crippen LogP contribution is 2.35. The second-order valence-corrected chi connectivity index (χ2v) is 7.13. The Morgan fingerprint density at radius 2 is 1.70 bits per heavy atom. The van der Waals surface area contributed by atoms with Crippen LogP contribution >= 0.6 is 34.8 Å². The van der Waals surface area contributed by atoms with Crippen LogP contribution in [0.15, 0.2) is 42.0 Å². The predicted molar refractivity (Wildman–Crippen MR) is 110 cm³/mol. The van der Waals surface area contributed by atoms with Crippen molar-refractivity contribution in [3.63, 3.8) is 0 Å². The molecule has 0 atom stereocenters. The fraction of sp³-hybridized carbons (Fsp3) is 0.0526. The van der Waals surface area contributed by atoms with Crippen LogP contribution in [-0.4, -0.2) is 35.5 Å². The Hall–Kier alpha value is -3.07. The second kappa shape index (κ2) is 8.74. The summed E-state index contributed by atoms with van der Waals surface area (Å²) in [5, 5.41) is 10.9. The van der Waals surface area contributed by atoms with E-state index in [2.05, 4.69) is 5.32 Å². The van der Waals surface area contributed by atoms with Gasteiger partial charge in [-0.3, -0.25) is 14.9 Å². The first-order valence-corrected chi connectivity index (χ1v) is 9.32. The van der Waals surface area contributed by atoms with Crippen LogP contribution in [0.3, 0.4) is 0 Å². The molecule has 2 aromatic carbocycles. The third kappa shape index (κ3) is 4.40. The monoisotopic (exact) mass is 468 g/mol. The lowest BCUT2D eigenvalue weighted by molar-refractivity contribution is -0.139. The summed E-state index contributed by atoms with van der Waals surface area (Å²) in [7, 11) is 0. The number of benzene rings is 2. The molecule has 1 aliphatic heterocycles. The van der Waals surface area contributed by atoms with Crippen LogP contribution in [0.1, 0.15) is 5.56 Å². The molecule has 0 aliphatic carbocycles. The van der Waals surface area contributed by atoms with Gasteiger partial charge in [0.25, 0.3) is 11.8 Å². The van der Waals surface area contributed by atoms with Gasteiger partial charge in [0.1, 0.15) is 5.57 Å². The second-order valence-electron chi connectivity index (χ2n) is 5.91. The van der Waals surface area contributed by atoms with E-state index < -0.39 is 30.4 Å². The zero-order valence-corrected chi connectivity index (χ0v) is 17.1. The molecule has 0 bridgehead atoms. The van der Waals surface area contributed by atoms with Crippen LogP contribution in [-0.2, 0) is 14.4 Å². The number of carbonyl (C=O) groups is 4. The lowest BCUT2D eigenvalue weighted by Crippen LogP contribution is -2.54. The Morgan fingerprint density at radius 1 is 1.07 bits per heavy atom. The van der Waals surface area contributed by atoms with E-state index in [-0.39, 0.29) is 37.6 Å². The minimum absolute atomic E-state index is 0.0293. The van der Waals surface area contributed by atoms with Crippen LogP contribution in [0, 0.1) is 0 Å². The summed E-state index contributed by atoms with van der Waals surface area (Å²) in [5.41, 5.74) is -0.00552. The van der Waals surface area contributed by atoms with Gasteiger partial charge in [0, 0.05) is 0 Å². The third-order valence-corrected chi connectivity index (χ3v) is 4.75. The molecule has 0 aromatic heterocycles. The molecule has 1 fully saturated rings. The normalized spacial score (nSPS) is 15.4. The summed E-state index contributed by atoms with van der Waals surface area (Å²) in [5.74, 6) is -3.08. The van der Waals surface area contributed by atoms with E-state index in [0.29, 0.717) is 0 Å². The maximum Gasteiger partial charge on any atom is 0.341 e. The molecule has 30 heavy (non-hydrogen) atoms. The number of barbiturate groups is 1. The van der Waals surface area contributed by atoms with Gasteiger partial charge in [-0.15, -0.1) is 0 Å². The van der Waals surface area contributed by atoms with Gasteiger partial charge < -0.3 is 9.84 Å². The number of urea groups is 1. The molecule has 8 nitrogen and oxygen atoms in total. The number of halogens is 3. The Bertz CT molecular complexity index is 1090. The summed E-state index contributed by atoms with van der Waals surface area (Å²) in [6.45, 7) is -0.657. The van der Waals surface area contributed by atoms with Crippen molar-refractivity contribution in [3.05, 3.63) is 62.6 Å². The molecule has 0 spiro atoms. The van der Waals surface area contributed by atoms with E-state index in [1.54, 1.807) is 12.1 Å². The quantitative estimate of drug-likeness (QED) is 0.509. The minimum Gasteiger partial charge on any atom is -0.479 e. The summed E-state index contributed by atoms with van der Waals surface area (Å²) in [6.07, 6.45) is 1.19. The maximum atomic E-state index is 12.9. The average molecular weight is 470 g/mol. The van der Waals surface area contributed by atoms with Crippen molar-refractivity contribution in [1.82, 2.24) is 5.32 Å². The molecule has 0 unspecified atom stereocenters. The first-order valence-electron chi connectivity index (χ1n) is 8.18. The van der Waals surface area contributed by atoms with E-state index in [0.717, 1.165) is 4.90 Å². The molecule has 2 N–H and O–H groups in total. The van der Waals surface area contributed by atoms with Crippen LogP contribution < -0.4 is 15.0 Å². The summed E-state index contributed by atoms with van der Waals surface area (Å²) in [4.78, 5) is 48.8. The first kappa shape index (κ1) is 21.6. The Kier molecular flexibility index (Phi) is 6.31. The van der Waals surface area contributed by atoms with Crippen molar-refractivity contribution >= 4 is 70.4 Å². The molecule has 1 aliphatic rings. The Labute approximate surface area is 184 Å². The summed E-state index contributed by atoms with van der Waals surface area (Å²) >= 11 is 18.2. The number of nitrogens with one attached hydrogen (secondary N) is 1. The predicted octanol–water partition coefficient (Wildman–Crippen LogP) is 3.78. The first-order chi connectivity index (χ1) is 14.2. The average Bonchev–Trinajstić information content (AvgIpc) is 2.65. The van der Waals surface area contributed by atoms with Crippen molar-refractivity contribution in [2.24, 2.45) is 0 Å². The fourth-order valence-electron chi connectivity index (χ4n) is 2.61. The SMILES string of the molecule is O=C(O)COc1c(Cl)cc(/C=C2\C(=O)NC(=O)N(c3ccccc3Cl)C2=O)cc1Cl. The van der Waals surface area contributed by atoms with Gasteiger partial charge in [0.15, 0.2) is 12.4 Å². The molecule has 0 saturated carbocycles. The van der Waals surface area contributed by atoms with Gasteiger partial charge in [0.2, 0.25) is 0 Å². The van der Waals surface area contributed by atoms with Crippen molar-refractivity contribution in [2.75, 3.05) is 11.5 Å². The number of hydrogen-bond acceptors (Lipinski definition) is 5. The highest BCUT2D eigenvalue weighted by Gasteiger charge is 2.37. The van der Waals surface area contributed by atoms with Crippen molar-refractivity contribution < 1.29 is 29.0 Å². The number of carboxylic acid groups (broad SMARTS) is 1. The van der Waals surface area contributed by atoms with Crippen LogP contribution in [0.2, 0.25) is 15.1 Å². The van der Waals surface area contributed by atoms with Gasteiger partial charge in [0.05, 0.1) is 20.8 Å². The minimum atomic E-state index is -1.22. The van der Waals surface area contributed by atoms with Crippen molar-refractivity contribution in [1.29, 1.82) is 0 Å². The van der Waals surface area contributed by atoms with E-state index in [4.69, 9.17) is 44.6 Å². The molecule has 3 rings (SSSR count). The lowest BCUT2D eigenvalue weighted by Gasteiger charge is -2.27. The van der Waals surface area contributed by atoms with Gasteiger partial charge in [-0.05, 0) is 35.9 Å². The van der Waals surface area contributed by atoms with Crippen molar-refractivity contribution in [2.45, 2.75) is 0 Å².